The van der Waals surface area contributed by atoms with Gasteiger partial charge in [0.15, 0.2) is 0 Å². The van der Waals surface area contributed by atoms with Crippen LogP contribution in [0.3, 0.4) is 0 Å². The molecule has 1 rings (SSSR count). The van der Waals surface area contributed by atoms with E-state index in [0.717, 1.165) is 16.9 Å². The molecule has 0 aliphatic carbocycles. The molecule has 90 valence electrons. The van der Waals surface area contributed by atoms with Crippen LogP contribution >= 0.6 is 0 Å². The fourth-order valence-corrected chi connectivity index (χ4v) is 1.71. The molecule has 0 aliphatic rings. The summed E-state index contributed by atoms with van der Waals surface area (Å²) in [4.78, 5) is 0. The van der Waals surface area contributed by atoms with Gasteiger partial charge in [-0.2, -0.15) is 0 Å². The summed E-state index contributed by atoms with van der Waals surface area (Å²) in [5.41, 5.74) is 3.15. The number of ether oxygens (including phenoxy) is 1. The Morgan fingerprint density at radius 3 is 2.62 bits per heavy atom. The maximum atomic E-state index is 10.0. The van der Waals surface area contributed by atoms with Gasteiger partial charge in [-0.25, -0.2) is 0 Å². The molecule has 0 saturated heterocycles. The lowest BCUT2D eigenvalue weighted by Crippen LogP contribution is -2.18. The largest absolute Gasteiger partial charge is 0.493 e. The number of nitrogens with one attached hydrogen (secondary N) is 1. The van der Waals surface area contributed by atoms with Crippen LogP contribution in [-0.2, 0) is 0 Å². The lowest BCUT2D eigenvalue weighted by Gasteiger charge is -2.18. The van der Waals surface area contributed by atoms with Gasteiger partial charge < -0.3 is 15.2 Å². The van der Waals surface area contributed by atoms with E-state index in [2.05, 4.69) is 5.32 Å². The summed E-state index contributed by atoms with van der Waals surface area (Å²) < 4.78 is 5.63. The lowest BCUT2D eigenvalue weighted by molar-refractivity contribution is 0.171. The number of hydrogen-bond donors (Lipinski definition) is 2. The predicted octanol–water partition coefficient (Wildman–Crippen LogP) is 1.95. The summed E-state index contributed by atoms with van der Waals surface area (Å²) in [5, 5.41) is 13.0. The maximum Gasteiger partial charge on any atom is 0.128 e. The Labute approximate surface area is 97.4 Å². The predicted molar refractivity (Wildman–Crippen MR) is 66.0 cm³/mol. The van der Waals surface area contributed by atoms with Gasteiger partial charge in [-0.1, -0.05) is 12.1 Å². The highest BCUT2D eigenvalue weighted by molar-refractivity contribution is 5.46. The molecule has 16 heavy (non-hydrogen) atoms. The van der Waals surface area contributed by atoms with Gasteiger partial charge in [-0.15, -0.1) is 0 Å². The van der Waals surface area contributed by atoms with Crippen molar-refractivity contribution in [3.63, 3.8) is 0 Å². The van der Waals surface area contributed by atoms with Crippen LogP contribution in [0.15, 0.2) is 12.1 Å². The molecule has 0 aromatic heterocycles. The second-order valence-corrected chi connectivity index (χ2v) is 3.93. The Hall–Kier alpha value is -1.06. The first-order chi connectivity index (χ1) is 7.61. The Morgan fingerprint density at radius 1 is 1.38 bits per heavy atom. The number of benzene rings is 1. The lowest BCUT2D eigenvalue weighted by atomic mass is 10.0. The van der Waals surface area contributed by atoms with Gasteiger partial charge in [0.1, 0.15) is 5.75 Å². The molecule has 1 atom stereocenters. The van der Waals surface area contributed by atoms with E-state index >= 15 is 0 Å². The van der Waals surface area contributed by atoms with Gasteiger partial charge in [0.05, 0.1) is 12.7 Å². The third kappa shape index (κ3) is 2.74. The minimum absolute atomic E-state index is 0.522. The molecule has 3 nitrogen and oxygen atoms in total. The molecule has 1 aromatic rings. The standard InChI is InChI=1S/C13H21NO2/c1-5-16-13-10(3)9(2)6-7-11(13)12(15)8-14-4/h6-7,12,14-15H,5,8H2,1-4H3. The Morgan fingerprint density at radius 2 is 2.06 bits per heavy atom. The minimum atomic E-state index is -0.522. The molecule has 0 heterocycles. The topological polar surface area (TPSA) is 41.5 Å². The molecule has 3 heteroatoms. The number of aliphatic hydroxyl groups excluding tert-OH is 1. The number of rotatable bonds is 5. The second kappa shape index (κ2) is 5.87. The van der Waals surface area contributed by atoms with Crippen LogP contribution in [-0.4, -0.2) is 25.3 Å². The monoisotopic (exact) mass is 223 g/mol. The fraction of sp³-hybridized carbons (Fsp3) is 0.538. The van der Waals surface area contributed by atoms with E-state index in [9.17, 15) is 5.11 Å². The highest BCUT2D eigenvalue weighted by Crippen LogP contribution is 2.30. The van der Waals surface area contributed by atoms with E-state index in [0.29, 0.717) is 13.2 Å². The summed E-state index contributed by atoms with van der Waals surface area (Å²) in [6, 6.07) is 3.96. The summed E-state index contributed by atoms with van der Waals surface area (Å²) in [6.07, 6.45) is -0.522. The summed E-state index contributed by atoms with van der Waals surface area (Å²) in [6.45, 7) is 7.17. The SMILES string of the molecule is CCOc1c(C(O)CNC)ccc(C)c1C. The summed E-state index contributed by atoms with van der Waals surface area (Å²) in [5.74, 6) is 0.824. The molecule has 0 fully saturated rings. The van der Waals surface area contributed by atoms with Crippen LogP contribution in [0.25, 0.3) is 0 Å². The number of aryl methyl sites for hydroxylation is 1. The smallest absolute Gasteiger partial charge is 0.128 e. The average molecular weight is 223 g/mol. The zero-order valence-corrected chi connectivity index (χ0v) is 10.5. The van der Waals surface area contributed by atoms with Crippen molar-refractivity contribution in [1.29, 1.82) is 0 Å². The van der Waals surface area contributed by atoms with Crippen LogP contribution in [0.1, 0.15) is 29.7 Å². The quantitative estimate of drug-likeness (QED) is 0.801. The van der Waals surface area contributed by atoms with Gasteiger partial charge >= 0.3 is 0 Å². The molecule has 0 aliphatic heterocycles. The summed E-state index contributed by atoms with van der Waals surface area (Å²) in [7, 11) is 1.82. The molecule has 0 radical (unpaired) electrons. The van der Waals surface area contributed by atoms with Gasteiger partial charge in [0.25, 0.3) is 0 Å². The molecule has 0 amide bonds. The molecule has 1 aromatic carbocycles. The first-order valence-corrected chi connectivity index (χ1v) is 5.67. The van der Waals surface area contributed by atoms with Gasteiger partial charge in [0, 0.05) is 12.1 Å². The zero-order valence-electron chi connectivity index (χ0n) is 10.5. The molecule has 1 unspecified atom stereocenters. The van der Waals surface area contributed by atoms with Crippen LogP contribution in [0.2, 0.25) is 0 Å². The van der Waals surface area contributed by atoms with Crippen molar-refractivity contribution in [2.24, 2.45) is 0 Å². The highest BCUT2D eigenvalue weighted by atomic mass is 16.5. The average Bonchev–Trinajstić information content (AvgIpc) is 2.25. The molecule has 0 bridgehead atoms. The molecule has 0 spiro atoms. The van der Waals surface area contributed by atoms with Gasteiger partial charge in [-0.3, -0.25) is 0 Å². The van der Waals surface area contributed by atoms with E-state index in [1.54, 1.807) is 0 Å². The molecular formula is C13H21NO2. The fourth-order valence-electron chi connectivity index (χ4n) is 1.71. The van der Waals surface area contributed by atoms with Crippen molar-refractivity contribution >= 4 is 0 Å². The second-order valence-electron chi connectivity index (χ2n) is 3.93. The van der Waals surface area contributed by atoms with Crippen LogP contribution in [0.4, 0.5) is 0 Å². The van der Waals surface area contributed by atoms with Gasteiger partial charge in [-0.05, 0) is 38.9 Å². The Kier molecular flexibility index (Phi) is 4.77. The van der Waals surface area contributed by atoms with E-state index in [1.165, 1.54) is 5.56 Å². The third-order valence-electron chi connectivity index (χ3n) is 2.75. The van der Waals surface area contributed by atoms with Crippen molar-refractivity contribution in [2.75, 3.05) is 20.2 Å². The van der Waals surface area contributed by atoms with E-state index in [-0.39, 0.29) is 0 Å². The highest BCUT2D eigenvalue weighted by Gasteiger charge is 2.15. The van der Waals surface area contributed by atoms with Crippen molar-refractivity contribution in [1.82, 2.24) is 5.32 Å². The Bertz CT molecular complexity index is 350. The van der Waals surface area contributed by atoms with Crippen LogP contribution in [0.5, 0.6) is 5.75 Å². The van der Waals surface area contributed by atoms with E-state index < -0.39 is 6.10 Å². The minimum Gasteiger partial charge on any atom is -0.493 e. The maximum absolute atomic E-state index is 10.0. The normalized spacial score (nSPS) is 12.6. The van der Waals surface area contributed by atoms with Crippen molar-refractivity contribution in [3.8, 4) is 5.75 Å². The van der Waals surface area contributed by atoms with Gasteiger partial charge in [0.2, 0.25) is 0 Å². The third-order valence-corrected chi connectivity index (χ3v) is 2.75. The first-order valence-electron chi connectivity index (χ1n) is 5.67. The first kappa shape index (κ1) is 13.0. The number of hydrogen-bond acceptors (Lipinski definition) is 3. The number of likely N-dealkylation sites (N-methyl/N-ethyl adjacent to an activating group) is 1. The van der Waals surface area contributed by atoms with Crippen LogP contribution in [0, 0.1) is 13.8 Å². The van der Waals surface area contributed by atoms with Crippen molar-refractivity contribution in [2.45, 2.75) is 26.9 Å². The molecule has 0 saturated carbocycles. The van der Waals surface area contributed by atoms with Crippen molar-refractivity contribution in [3.05, 3.63) is 28.8 Å². The van der Waals surface area contributed by atoms with E-state index in [1.807, 2.05) is 40.0 Å². The zero-order chi connectivity index (χ0) is 12.1. The van der Waals surface area contributed by atoms with E-state index in [4.69, 9.17) is 4.74 Å². The van der Waals surface area contributed by atoms with Crippen molar-refractivity contribution < 1.29 is 9.84 Å². The number of aliphatic hydroxyl groups is 1. The van der Waals surface area contributed by atoms with Crippen LogP contribution < -0.4 is 10.1 Å². The molecule has 2 N–H and O–H groups in total. The Balaban J connectivity index is 3.11. The summed E-state index contributed by atoms with van der Waals surface area (Å²) >= 11 is 0. The molecular weight excluding hydrogens is 202 g/mol.